The zero-order chi connectivity index (χ0) is 24.9. The van der Waals surface area contributed by atoms with Crippen LogP contribution in [-0.4, -0.2) is 42.6 Å². The quantitative estimate of drug-likeness (QED) is 0.407. The fourth-order valence-corrected chi connectivity index (χ4v) is 5.92. The van der Waals surface area contributed by atoms with E-state index in [0.717, 1.165) is 79.0 Å². The van der Waals surface area contributed by atoms with Crippen molar-refractivity contribution in [2.45, 2.75) is 45.4 Å². The Morgan fingerprint density at radius 2 is 1.72 bits per heavy atom. The normalized spacial score (nSPS) is 15.2. The number of hydrogen-bond acceptors (Lipinski definition) is 5. The number of amides is 2. The monoisotopic (exact) mass is 501 g/mol. The summed E-state index contributed by atoms with van der Waals surface area (Å²) in [5.41, 5.74) is 4.70. The Bertz CT molecular complexity index is 1260. The summed E-state index contributed by atoms with van der Waals surface area (Å²) in [5.74, 6) is 0.595. The maximum atomic E-state index is 13.3. The summed E-state index contributed by atoms with van der Waals surface area (Å²) in [4.78, 5) is 33.4. The molecule has 0 radical (unpaired) electrons. The third-order valence-corrected chi connectivity index (χ3v) is 7.92. The molecule has 0 unspecified atom stereocenters. The molecule has 6 nitrogen and oxygen atoms in total. The van der Waals surface area contributed by atoms with E-state index in [9.17, 15) is 9.59 Å². The zero-order valence-electron chi connectivity index (χ0n) is 20.6. The first-order valence-corrected chi connectivity index (χ1v) is 13.5. The van der Waals surface area contributed by atoms with Crippen molar-refractivity contribution in [3.63, 3.8) is 0 Å². The maximum Gasteiger partial charge on any atom is 0.260 e. The van der Waals surface area contributed by atoms with Gasteiger partial charge in [0.05, 0.1) is 5.56 Å². The van der Waals surface area contributed by atoms with Crippen molar-refractivity contribution in [1.82, 2.24) is 4.90 Å². The van der Waals surface area contributed by atoms with E-state index in [4.69, 9.17) is 9.73 Å². The highest BCUT2D eigenvalue weighted by Crippen LogP contribution is 2.40. The molecule has 0 spiro atoms. The second-order valence-corrected chi connectivity index (χ2v) is 10.5. The summed E-state index contributed by atoms with van der Waals surface area (Å²) in [6, 6.07) is 15.4. The smallest absolute Gasteiger partial charge is 0.260 e. The molecule has 0 atom stereocenters. The molecule has 2 amide bonds. The Kier molecular flexibility index (Phi) is 7.47. The molecule has 0 saturated carbocycles. The van der Waals surface area contributed by atoms with Gasteiger partial charge in [0, 0.05) is 29.9 Å². The standard InChI is InChI=1S/C29H31N3O3S/c1-20-8-12-22(13-9-20)31-28(34)27-24-6-2-3-7-25(24)36-29(27)30-18-21-10-14-23(15-11-21)35-19-26(33)32-16-4-5-17-32/h8-15,18H,2-7,16-17,19H2,1H3,(H,31,34). The molecule has 2 heterocycles. The van der Waals surface area contributed by atoms with Crippen molar-refractivity contribution < 1.29 is 14.3 Å². The number of likely N-dealkylation sites (tertiary alicyclic amines) is 1. The molecule has 1 aliphatic heterocycles. The van der Waals surface area contributed by atoms with E-state index in [1.54, 1.807) is 17.6 Å². The molecule has 1 N–H and O–H groups in total. The Labute approximate surface area is 216 Å². The molecule has 1 saturated heterocycles. The summed E-state index contributed by atoms with van der Waals surface area (Å²) in [5, 5.41) is 3.81. The van der Waals surface area contributed by atoms with E-state index in [1.165, 1.54) is 4.88 Å². The molecule has 2 aliphatic rings. The van der Waals surface area contributed by atoms with Crippen molar-refractivity contribution >= 4 is 40.1 Å². The van der Waals surface area contributed by atoms with Crippen LogP contribution in [0.5, 0.6) is 5.75 Å². The number of thiophene rings is 1. The van der Waals surface area contributed by atoms with Crippen molar-refractivity contribution in [2.75, 3.05) is 25.0 Å². The summed E-state index contributed by atoms with van der Waals surface area (Å²) < 4.78 is 5.68. The first kappa shape index (κ1) is 24.3. The van der Waals surface area contributed by atoms with Crippen LogP contribution in [0, 0.1) is 6.92 Å². The molecule has 1 aliphatic carbocycles. The highest BCUT2D eigenvalue weighted by Gasteiger charge is 2.25. The van der Waals surface area contributed by atoms with Gasteiger partial charge < -0.3 is 15.0 Å². The molecule has 5 rings (SSSR count). The van der Waals surface area contributed by atoms with Gasteiger partial charge in [0.1, 0.15) is 10.8 Å². The molecule has 2 aromatic carbocycles. The second-order valence-electron chi connectivity index (χ2n) is 9.42. The Morgan fingerprint density at radius 3 is 2.47 bits per heavy atom. The third-order valence-electron chi connectivity index (χ3n) is 6.72. The number of aliphatic imine (C=N–C) groups is 1. The molecule has 36 heavy (non-hydrogen) atoms. The average molecular weight is 502 g/mol. The van der Waals surface area contributed by atoms with Gasteiger partial charge in [-0.05, 0) is 93.0 Å². The van der Waals surface area contributed by atoms with Crippen LogP contribution >= 0.6 is 11.3 Å². The van der Waals surface area contributed by atoms with E-state index >= 15 is 0 Å². The number of benzene rings is 2. The number of carbonyl (C=O) groups is 2. The van der Waals surface area contributed by atoms with Crippen molar-refractivity contribution in [2.24, 2.45) is 4.99 Å². The maximum absolute atomic E-state index is 13.3. The van der Waals surface area contributed by atoms with Gasteiger partial charge >= 0.3 is 0 Å². The van der Waals surface area contributed by atoms with E-state index in [2.05, 4.69) is 5.32 Å². The summed E-state index contributed by atoms with van der Waals surface area (Å²) in [6.45, 7) is 3.75. The van der Waals surface area contributed by atoms with Gasteiger partial charge in [-0.3, -0.25) is 9.59 Å². The van der Waals surface area contributed by atoms with Gasteiger partial charge in [0.25, 0.3) is 11.8 Å². The third kappa shape index (κ3) is 5.68. The lowest BCUT2D eigenvalue weighted by molar-refractivity contribution is -0.132. The van der Waals surface area contributed by atoms with E-state index in [1.807, 2.05) is 60.4 Å². The first-order valence-electron chi connectivity index (χ1n) is 12.6. The van der Waals surface area contributed by atoms with Crippen molar-refractivity contribution in [1.29, 1.82) is 0 Å². The number of aryl methyl sites for hydroxylation is 2. The fourth-order valence-electron chi connectivity index (χ4n) is 4.69. The molecule has 7 heteroatoms. The summed E-state index contributed by atoms with van der Waals surface area (Å²) in [6.07, 6.45) is 8.10. The minimum atomic E-state index is -0.100. The predicted octanol–water partition coefficient (Wildman–Crippen LogP) is 5.94. The molecular weight excluding hydrogens is 470 g/mol. The fraction of sp³-hybridized carbons (Fsp3) is 0.345. The van der Waals surface area contributed by atoms with Crippen LogP contribution in [0.3, 0.4) is 0 Å². The summed E-state index contributed by atoms with van der Waals surface area (Å²) >= 11 is 1.62. The SMILES string of the molecule is Cc1ccc(NC(=O)c2c(N=Cc3ccc(OCC(=O)N4CCCC4)cc3)sc3c2CCCC3)cc1. The number of hydrogen-bond donors (Lipinski definition) is 1. The average Bonchev–Trinajstić information content (AvgIpc) is 3.56. The lowest BCUT2D eigenvalue weighted by Gasteiger charge is -2.15. The summed E-state index contributed by atoms with van der Waals surface area (Å²) in [7, 11) is 0. The van der Waals surface area contributed by atoms with Gasteiger partial charge in [-0.1, -0.05) is 17.7 Å². The number of ether oxygens (including phenoxy) is 1. The molecule has 186 valence electrons. The predicted molar refractivity (Wildman–Crippen MR) is 145 cm³/mol. The number of anilines is 1. The van der Waals surface area contributed by atoms with Crippen molar-refractivity contribution in [3.8, 4) is 5.75 Å². The number of fused-ring (bicyclic) bond motifs is 1. The van der Waals surface area contributed by atoms with E-state index in [0.29, 0.717) is 11.3 Å². The van der Waals surface area contributed by atoms with E-state index in [-0.39, 0.29) is 18.4 Å². The molecule has 1 aromatic heterocycles. The van der Waals surface area contributed by atoms with Crippen LogP contribution in [0.4, 0.5) is 10.7 Å². The lowest BCUT2D eigenvalue weighted by Crippen LogP contribution is -2.32. The van der Waals surface area contributed by atoms with Gasteiger partial charge in [0.2, 0.25) is 0 Å². The van der Waals surface area contributed by atoms with Crippen LogP contribution in [0.2, 0.25) is 0 Å². The van der Waals surface area contributed by atoms with E-state index < -0.39 is 0 Å². The molecule has 1 fully saturated rings. The number of nitrogens with zero attached hydrogens (tertiary/aromatic N) is 2. The molecule has 3 aromatic rings. The molecule has 0 bridgehead atoms. The Balaban J connectivity index is 1.29. The minimum Gasteiger partial charge on any atom is -0.484 e. The highest BCUT2D eigenvalue weighted by molar-refractivity contribution is 7.16. The van der Waals surface area contributed by atoms with Gasteiger partial charge in [-0.25, -0.2) is 4.99 Å². The second kappa shape index (κ2) is 11.1. The van der Waals surface area contributed by atoms with Crippen LogP contribution in [0.1, 0.15) is 57.6 Å². The number of rotatable bonds is 7. The largest absolute Gasteiger partial charge is 0.484 e. The van der Waals surface area contributed by atoms with Gasteiger partial charge in [-0.15, -0.1) is 11.3 Å². The zero-order valence-corrected chi connectivity index (χ0v) is 21.4. The Morgan fingerprint density at radius 1 is 1.00 bits per heavy atom. The number of nitrogens with one attached hydrogen (secondary N) is 1. The Hall–Kier alpha value is -3.45. The topological polar surface area (TPSA) is 71.0 Å². The van der Waals surface area contributed by atoms with Crippen LogP contribution in [-0.2, 0) is 17.6 Å². The highest BCUT2D eigenvalue weighted by atomic mass is 32.1. The van der Waals surface area contributed by atoms with Crippen LogP contribution in [0.15, 0.2) is 53.5 Å². The first-order chi connectivity index (χ1) is 17.6. The number of carbonyl (C=O) groups excluding carboxylic acids is 2. The minimum absolute atomic E-state index is 0.0382. The van der Waals surface area contributed by atoms with Crippen molar-refractivity contribution in [3.05, 3.63) is 75.7 Å². The lowest BCUT2D eigenvalue weighted by atomic mass is 9.95. The van der Waals surface area contributed by atoms with Crippen LogP contribution in [0.25, 0.3) is 0 Å². The van der Waals surface area contributed by atoms with Gasteiger partial charge in [-0.2, -0.15) is 0 Å². The molecular formula is C29H31N3O3S. The van der Waals surface area contributed by atoms with Crippen LogP contribution < -0.4 is 10.1 Å². The van der Waals surface area contributed by atoms with Gasteiger partial charge in [0.15, 0.2) is 6.61 Å².